The fourth-order valence-electron chi connectivity index (χ4n) is 2.78. The minimum Gasteiger partial charge on any atom is -0.366 e. The molecule has 0 saturated carbocycles. The number of halogens is 1. The fraction of sp³-hybridized carbons (Fsp3) is 0.0526. The molecule has 0 bridgehead atoms. The molecule has 0 unspecified atom stereocenters. The smallest absolute Gasteiger partial charge is 0.249 e. The van der Waals surface area contributed by atoms with E-state index in [0.29, 0.717) is 23.8 Å². The molecular weight excluding hydrogens is 365 g/mol. The summed E-state index contributed by atoms with van der Waals surface area (Å²) in [4.78, 5) is 16.9. The van der Waals surface area contributed by atoms with Gasteiger partial charge in [0.2, 0.25) is 5.91 Å². The van der Waals surface area contributed by atoms with E-state index in [1.54, 1.807) is 18.2 Å². The number of anilines is 1. The van der Waals surface area contributed by atoms with E-state index in [9.17, 15) is 9.18 Å². The third-order valence-electron chi connectivity index (χ3n) is 4.04. The van der Waals surface area contributed by atoms with Gasteiger partial charge in [-0.1, -0.05) is 24.3 Å². The van der Waals surface area contributed by atoms with E-state index in [0.717, 1.165) is 21.2 Å². The summed E-state index contributed by atoms with van der Waals surface area (Å²) in [5, 5.41) is 14.7. The highest BCUT2D eigenvalue weighted by Crippen LogP contribution is 2.34. The van der Waals surface area contributed by atoms with E-state index >= 15 is 0 Å². The summed E-state index contributed by atoms with van der Waals surface area (Å²) in [6.45, 7) is 0.410. The van der Waals surface area contributed by atoms with Crippen molar-refractivity contribution in [3.8, 4) is 10.7 Å². The number of nitrogens with one attached hydrogen (secondary N) is 1. The number of nitrogens with two attached hydrogens (primary N) is 1. The van der Waals surface area contributed by atoms with Gasteiger partial charge in [-0.15, -0.1) is 16.4 Å². The van der Waals surface area contributed by atoms with Gasteiger partial charge in [0, 0.05) is 28.3 Å². The molecule has 2 heterocycles. The van der Waals surface area contributed by atoms with Gasteiger partial charge in [0.05, 0.1) is 11.1 Å². The molecule has 1 amide bonds. The monoisotopic (exact) mass is 379 g/mol. The number of rotatable bonds is 5. The van der Waals surface area contributed by atoms with Crippen LogP contribution in [-0.4, -0.2) is 21.1 Å². The Morgan fingerprint density at radius 1 is 1.19 bits per heavy atom. The Bertz CT molecular complexity index is 1140. The Balaban J connectivity index is 1.64. The van der Waals surface area contributed by atoms with Gasteiger partial charge in [-0.05, 0) is 23.8 Å². The molecule has 0 fully saturated rings. The molecule has 27 heavy (non-hydrogen) atoms. The predicted molar refractivity (Wildman–Crippen MR) is 103 cm³/mol. The summed E-state index contributed by atoms with van der Waals surface area (Å²) in [5.74, 6) is 0.207. The Hall–Kier alpha value is -3.39. The van der Waals surface area contributed by atoms with Crippen molar-refractivity contribution in [3.63, 3.8) is 0 Å². The van der Waals surface area contributed by atoms with Crippen LogP contribution in [0.15, 0.2) is 54.0 Å². The zero-order valence-electron chi connectivity index (χ0n) is 14.0. The quantitative estimate of drug-likeness (QED) is 0.552. The maximum Gasteiger partial charge on any atom is 0.249 e. The van der Waals surface area contributed by atoms with Crippen LogP contribution in [0.4, 0.5) is 10.2 Å². The number of aromatic nitrogens is 3. The molecule has 0 aliphatic carbocycles. The van der Waals surface area contributed by atoms with Gasteiger partial charge in [0.1, 0.15) is 11.6 Å². The van der Waals surface area contributed by atoms with Crippen LogP contribution >= 0.6 is 11.3 Å². The molecule has 0 spiro atoms. The Morgan fingerprint density at radius 2 is 2.04 bits per heavy atom. The van der Waals surface area contributed by atoms with Crippen molar-refractivity contribution in [2.75, 3.05) is 5.32 Å². The number of amides is 1. The largest absolute Gasteiger partial charge is 0.366 e. The average molecular weight is 379 g/mol. The Labute approximate surface area is 157 Å². The number of primary amides is 1. The number of carbonyl (C=O) groups excluding carboxylic acids is 1. The summed E-state index contributed by atoms with van der Waals surface area (Å²) in [6.07, 6.45) is 1.51. The second-order valence-corrected chi connectivity index (χ2v) is 6.72. The van der Waals surface area contributed by atoms with E-state index in [1.807, 2.05) is 17.5 Å². The first-order valence-corrected chi connectivity index (χ1v) is 8.98. The average Bonchev–Trinajstić information content (AvgIpc) is 3.11. The first-order valence-electron chi connectivity index (χ1n) is 8.10. The van der Waals surface area contributed by atoms with Gasteiger partial charge in [0.25, 0.3) is 0 Å². The predicted octanol–water partition coefficient (Wildman–Crippen LogP) is 3.60. The number of fused-ring (bicyclic) bond motifs is 1. The fourth-order valence-corrected chi connectivity index (χ4v) is 3.77. The highest BCUT2D eigenvalue weighted by Gasteiger charge is 2.15. The lowest BCUT2D eigenvalue weighted by Gasteiger charge is -2.06. The molecule has 8 heteroatoms. The highest BCUT2D eigenvalue weighted by molar-refractivity contribution is 7.15. The van der Waals surface area contributed by atoms with Crippen molar-refractivity contribution in [3.05, 3.63) is 71.0 Å². The van der Waals surface area contributed by atoms with Crippen LogP contribution in [-0.2, 0) is 6.54 Å². The van der Waals surface area contributed by atoms with Crippen LogP contribution in [0.25, 0.3) is 21.5 Å². The number of carbonyl (C=O) groups is 1. The zero-order chi connectivity index (χ0) is 18.8. The summed E-state index contributed by atoms with van der Waals surface area (Å²) in [5.41, 5.74) is 6.70. The van der Waals surface area contributed by atoms with Crippen LogP contribution in [0.2, 0.25) is 0 Å². The van der Waals surface area contributed by atoms with Crippen molar-refractivity contribution in [1.82, 2.24) is 15.2 Å². The van der Waals surface area contributed by atoms with E-state index in [1.165, 1.54) is 29.7 Å². The standard InChI is InChI=1S/C19H14FN5OS/c20-12-4-1-3-11(7-12)8-22-16-9-23-25-19(24-16)17-13-5-2-6-14(18(21)26)15(13)10-27-17/h1-7,9-10H,8H2,(H2,21,26)(H,22,24,25). The van der Waals surface area contributed by atoms with Crippen LogP contribution in [0.3, 0.4) is 0 Å². The Morgan fingerprint density at radius 3 is 2.85 bits per heavy atom. The van der Waals surface area contributed by atoms with Gasteiger partial charge >= 0.3 is 0 Å². The highest BCUT2D eigenvalue weighted by atomic mass is 32.1. The molecule has 6 nitrogen and oxygen atoms in total. The van der Waals surface area contributed by atoms with Gasteiger partial charge in [-0.25, -0.2) is 9.37 Å². The Kier molecular flexibility index (Phi) is 4.47. The minimum atomic E-state index is -0.477. The molecule has 134 valence electrons. The van der Waals surface area contributed by atoms with Crippen LogP contribution in [0, 0.1) is 5.82 Å². The zero-order valence-corrected chi connectivity index (χ0v) is 14.8. The van der Waals surface area contributed by atoms with Gasteiger partial charge < -0.3 is 11.1 Å². The number of hydrogen-bond acceptors (Lipinski definition) is 6. The molecular formula is C19H14FN5OS. The molecule has 4 aromatic rings. The summed E-state index contributed by atoms with van der Waals surface area (Å²) >= 11 is 1.42. The van der Waals surface area contributed by atoms with E-state index in [2.05, 4.69) is 20.5 Å². The minimum absolute atomic E-state index is 0.286. The van der Waals surface area contributed by atoms with Crippen LogP contribution in [0.5, 0.6) is 0 Å². The molecule has 0 radical (unpaired) electrons. The lowest BCUT2D eigenvalue weighted by molar-refractivity contribution is 0.100. The number of nitrogens with zero attached hydrogens (tertiary/aromatic N) is 3. The first kappa shape index (κ1) is 17.0. The SMILES string of the molecule is NC(=O)c1cccc2c(-c3nncc(NCc4cccc(F)c4)n3)scc12. The van der Waals surface area contributed by atoms with Crippen molar-refractivity contribution in [2.24, 2.45) is 5.73 Å². The molecule has 0 atom stereocenters. The maximum absolute atomic E-state index is 13.3. The number of benzene rings is 2. The summed E-state index contributed by atoms with van der Waals surface area (Å²) in [7, 11) is 0. The number of thiophene rings is 1. The first-order chi connectivity index (χ1) is 13.1. The molecule has 0 aliphatic rings. The van der Waals surface area contributed by atoms with E-state index < -0.39 is 5.91 Å². The van der Waals surface area contributed by atoms with Crippen molar-refractivity contribution < 1.29 is 9.18 Å². The van der Waals surface area contributed by atoms with Crippen LogP contribution < -0.4 is 11.1 Å². The number of hydrogen-bond donors (Lipinski definition) is 2. The maximum atomic E-state index is 13.3. The second-order valence-electron chi connectivity index (χ2n) is 5.84. The lowest BCUT2D eigenvalue weighted by atomic mass is 10.1. The molecule has 0 aliphatic heterocycles. The van der Waals surface area contributed by atoms with Crippen molar-refractivity contribution in [2.45, 2.75) is 6.54 Å². The molecule has 2 aromatic heterocycles. The molecule has 2 aromatic carbocycles. The molecule has 3 N–H and O–H groups in total. The topological polar surface area (TPSA) is 93.8 Å². The second kappa shape index (κ2) is 7.08. The van der Waals surface area contributed by atoms with Gasteiger partial charge in [0.15, 0.2) is 5.82 Å². The van der Waals surface area contributed by atoms with E-state index in [4.69, 9.17) is 5.73 Å². The van der Waals surface area contributed by atoms with Gasteiger partial charge in [-0.3, -0.25) is 4.79 Å². The van der Waals surface area contributed by atoms with Crippen LogP contribution in [0.1, 0.15) is 15.9 Å². The van der Waals surface area contributed by atoms with Gasteiger partial charge in [-0.2, -0.15) is 5.10 Å². The normalized spacial score (nSPS) is 10.9. The lowest BCUT2D eigenvalue weighted by Crippen LogP contribution is -2.10. The van der Waals surface area contributed by atoms with Crippen molar-refractivity contribution >= 4 is 33.8 Å². The third kappa shape index (κ3) is 3.47. The van der Waals surface area contributed by atoms with Crippen molar-refractivity contribution in [1.29, 1.82) is 0 Å². The summed E-state index contributed by atoms with van der Waals surface area (Å²) < 4.78 is 13.3. The molecule has 4 rings (SSSR count). The van der Waals surface area contributed by atoms with E-state index in [-0.39, 0.29) is 5.82 Å². The molecule has 0 saturated heterocycles. The summed E-state index contributed by atoms with van der Waals surface area (Å²) in [6, 6.07) is 11.7. The third-order valence-corrected chi connectivity index (χ3v) is 5.03.